The quantitative estimate of drug-likeness (QED) is 0.454. The maximum atomic E-state index is 14.8. The minimum Gasteiger partial charge on any atom is -0.352 e. The van der Waals surface area contributed by atoms with Crippen LogP contribution in [0, 0.1) is 5.82 Å². The van der Waals surface area contributed by atoms with E-state index in [1.807, 2.05) is 0 Å². The second kappa shape index (κ2) is 9.15. The van der Waals surface area contributed by atoms with Crippen molar-refractivity contribution in [3.63, 3.8) is 0 Å². The van der Waals surface area contributed by atoms with E-state index in [0.29, 0.717) is 0 Å². The van der Waals surface area contributed by atoms with Crippen LogP contribution in [0.3, 0.4) is 0 Å². The molecule has 1 aromatic carbocycles. The fourth-order valence-electron chi connectivity index (χ4n) is 3.39. The van der Waals surface area contributed by atoms with Crippen molar-refractivity contribution >= 4 is 43.2 Å². The molecule has 0 radical (unpaired) electrons. The second-order valence-corrected chi connectivity index (χ2v) is 11.2. The number of benzene rings is 1. The van der Waals surface area contributed by atoms with E-state index in [9.17, 15) is 35.6 Å². The summed E-state index contributed by atoms with van der Waals surface area (Å²) in [5.41, 5.74) is -2.20. The molecule has 1 atom stereocenters. The molecule has 186 valence electrons. The molecule has 1 unspecified atom stereocenters. The van der Waals surface area contributed by atoms with Crippen molar-refractivity contribution in [2.24, 2.45) is 0 Å². The summed E-state index contributed by atoms with van der Waals surface area (Å²) in [5, 5.41) is 2.92. The van der Waals surface area contributed by atoms with E-state index in [4.69, 9.17) is 0 Å². The number of alkyl halides is 3. The van der Waals surface area contributed by atoms with Crippen molar-refractivity contribution < 1.29 is 35.6 Å². The van der Waals surface area contributed by atoms with Crippen molar-refractivity contribution in [3.8, 4) is 11.1 Å². The maximum Gasteiger partial charge on any atom is 0.433 e. The van der Waals surface area contributed by atoms with Crippen LogP contribution in [0.1, 0.15) is 28.8 Å². The normalized spacial score (nSPS) is 15.1. The first-order valence-electron chi connectivity index (χ1n) is 10.2. The van der Waals surface area contributed by atoms with E-state index in [1.54, 1.807) is 0 Å². The summed E-state index contributed by atoms with van der Waals surface area (Å²) in [6.07, 6.45) is -1.42. The second-order valence-electron chi connectivity index (χ2n) is 8.02. The summed E-state index contributed by atoms with van der Waals surface area (Å²) < 4.78 is 79.9. The molecule has 14 heteroatoms. The molecular weight excluding hydrogens is 512 g/mol. The minimum atomic E-state index is -4.83. The highest BCUT2D eigenvalue weighted by molar-refractivity contribution is 7.91. The van der Waals surface area contributed by atoms with Crippen molar-refractivity contribution in [3.05, 3.63) is 47.0 Å². The Morgan fingerprint density at radius 3 is 2.57 bits per heavy atom. The SMILES string of the molecule is CS(=O)(=O)C(C(=O)NCC(=O)NC1CC1)c1nc2cc(F)c(-c3cccnc3C(F)(F)F)cc2s1. The predicted molar refractivity (Wildman–Crippen MR) is 120 cm³/mol. The molecule has 3 aromatic rings. The van der Waals surface area contributed by atoms with Gasteiger partial charge in [0.1, 0.15) is 10.8 Å². The van der Waals surface area contributed by atoms with Crippen LogP contribution in [-0.4, -0.2) is 49.0 Å². The van der Waals surface area contributed by atoms with Gasteiger partial charge < -0.3 is 10.6 Å². The lowest BCUT2D eigenvalue weighted by molar-refractivity contribution is -0.140. The molecule has 0 aliphatic heterocycles. The highest BCUT2D eigenvalue weighted by Gasteiger charge is 2.37. The van der Waals surface area contributed by atoms with Gasteiger partial charge in [-0.2, -0.15) is 13.2 Å². The number of nitrogens with one attached hydrogen (secondary N) is 2. The summed E-state index contributed by atoms with van der Waals surface area (Å²) >= 11 is 0.726. The van der Waals surface area contributed by atoms with Gasteiger partial charge in [-0.1, -0.05) is 6.07 Å². The number of carbonyl (C=O) groups is 2. The Morgan fingerprint density at radius 1 is 1.23 bits per heavy atom. The number of carbonyl (C=O) groups excluding carboxylic acids is 2. The molecule has 0 spiro atoms. The molecular formula is C21H18F4N4O4S2. The monoisotopic (exact) mass is 530 g/mol. The molecule has 1 fully saturated rings. The lowest BCUT2D eigenvalue weighted by Crippen LogP contribution is -2.41. The van der Waals surface area contributed by atoms with Crippen molar-refractivity contribution in [2.45, 2.75) is 30.3 Å². The van der Waals surface area contributed by atoms with Crippen LogP contribution in [0.15, 0.2) is 30.5 Å². The Balaban J connectivity index is 1.69. The third-order valence-electron chi connectivity index (χ3n) is 5.12. The fourth-order valence-corrected chi connectivity index (χ4v) is 5.92. The molecule has 35 heavy (non-hydrogen) atoms. The van der Waals surface area contributed by atoms with Gasteiger partial charge in [0.25, 0.3) is 0 Å². The number of halogens is 4. The molecule has 2 N–H and O–H groups in total. The number of aromatic nitrogens is 2. The molecule has 1 aliphatic rings. The lowest BCUT2D eigenvalue weighted by Gasteiger charge is -2.12. The number of nitrogens with zero attached hydrogens (tertiary/aromatic N) is 2. The van der Waals surface area contributed by atoms with Crippen LogP contribution in [0.25, 0.3) is 21.3 Å². The molecule has 0 bridgehead atoms. The molecule has 8 nitrogen and oxygen atoms in total. The van der Waals surface area contributed by atoms with Gasteiger partial charge in [0.15, 0.2) is 20.8 Å². The summed E-state index contributed by atoms with van der Waals surface area (Å²) in [6, 6.07) is 4.34. The number of hydrogen-bond acceptors (Lipinski definition) is 7. The first-order chi connectivity index (χ1) is 16.3. The van der Waals surface area contributed by atoms with Crippen LogP contribution in [-0.2, 0) is 25.6 Å². The highest BCUT2D eigenvalue weighted by Crippen LogP contribution is 2.39. The van der Waals surface area contributed by atoms with Gasteiger partial charge >= 0.3 is 6.18 Å². The topological polar surface area (TPSA) is 118 Å². The third-order valence-corrected chi connectivity index (χ3v) is 7.64. The first-order valence-corrected chi connectivity index (χ1v) is 13.0. The number of rotatable bonds is 7. The molecule has 4 rings (SSSR count). The number of sulfone groups is 1. The van der Waals surface area contributed by atoms with Crippen LogP contribution < -0.4 is 10.6 Å². The summed E-state index contributed by atoms with van der Waals surface area (Å²) in [5.74, 6) is -2.49. The van der Waals surface area contributed by atoms with Crippen molar-refractivity contribution in [1.29, 1.82) is 0 Å². The molecule has 2 heterocycles. The van der Waals surface area contributed by atoms with Gasteiger partial charge in [0.2, 0.25) is 11.8 Å². The van der Waals surface area contributed by atoms with Gasteiger partial charge in [-0.3, -0.25) is 14.6 Å². The average molecular weight is 531 g/mol. The zero-order valence-electron chi connectivity index (χ0n) is 18.0. The van der Waals surface area contributed by atoms with Gasteiger partial charge in [-0.25, -0.2) is 17.8 Å². The Bertz CT molecular complexity index is 1420. The molecule has 0 saturated heterocycles. The number of thiazole rings is 1. The van der Waals surface area contributed by atoms with Crippen LogP contribution in [0.2, 0.25) is 0 Å². The number of hydrogen-bond donors (Lipinski definition) is 2. The molecule has 1 saturated carbocycles. The van der Waals surface area contributed by atoms with E-state index < -0.39 is 62.3 Å². The highest BCUT2D eigenvalue weighted by atomic mass is 32.2. The first kappa shape index (κ1) is 25.0. The van der Waals surface area contributed by atoms with Gasteiger partial charge in [-0.15, -0.1) is 11.3 Å². The Hall–Kier alpha value is -3.13. The Labute approximate surface area is 200 Å². The van der Waals surface area contributed by atoms with E-state index in [2.05, 4.69) is 20.6 Å². The smallest absolute Gasteiger partial charge is 0.352 e. The summed E-state index contributed by atoms with van der Waals surface area (Å²) in [4.78, 5) is 31.9. The van der Waals surface area contributed by atoms with Crippen molar-refractivity contribution in [2.75, 3.05) is 12.8 Å². The van der Waals surface area contributed by atoms with E-state index in [0.717, 1.165) is 54.8 Å². The molecule has 2 aromatic heterocycles. The standard InChI is InChI=1S/C21H18F4N4O4S2/c1-35(32,33)17(19(31)27-9-16(30)28-10-4-5-10)20-29-14-8-13(22)12(7-15(14)34-20)11-3-2-6-26-18(11)21(23,24)25/h2-3,6-8,10,17H,4-5,9H2,1H3,(H,27,31)(H,28,30). The zero-order chi connectivity index (χ0) is 25.5. The third kappa shape index (κ3) is 5.59. The predicted octanol–water partition coefficient (Wildman–Crippen LogP) is 3.00. The van der Waals surface area contributed by atoms with Crippen LogP contribution >= 0.6 is 11.3 Å². The average Bonchev–Trinajstić information content (AvgIpc) is 3.47. The summed E-state index contributed by atoms with van der Waals surface area (Å²) in [7, 11) is -4.07. The lowest BCUT2D eigenvalue weighted by atomic mass is 10.0. The van der Waals surface area contributed by atoms with Gasteiger partial charge in [0, 0.05) is 35.7 Å². The minimum absolute atomic E-state index is 0.0309. The number of pyridine rings is 1. The van der Waals surface area contributed by atoms with E-state index in [1.165, 1.54) is 6.07 Å². The number of fused-ring (bicyclic) bond motifs is 1. The largest absolute Gasteiger partial charge is 0.433 e. The Morgan fingerprint density at radius 2 is 1.94 bits per heavy atom. The number of amides is 2. The zero-order valence-corrected chi connectivity index (χ0v) is 19.7. The molecule has 2 amide bonds. The summed E-state index contributed by atoms with van der Waals surface area (Å²) in [6.45, 7) is -0.438. The molecule has 1 aliphatic carbocycles. The fraction of sp³-hybridized carbons (Fsp3) is 0.333. The van der Waals surface area contributed by atoms with Crippen LogP contribution in [0.4, 0.5) is 17.6 Å². The maximum absolute atomic E-state index is 14.8. The Kier molecular flexibility index (Phi) is 6.53. The van der Waals surface area contributed by atoms with Gasteiger partial charge in [0.05, 0.1) is 16.8 Å². The van der Waals surface area contributed by atoms with Crippen LogP contribution in [0.5, 0.6) is 0 Å². The van der Waals surface area contributed by atoms with Crippen molar-refractivity contribution in [1.82, 2.24) is 20.6 Å². The van der Waals surface area contributed by atoms with Gasteiger partial charge in [-0.05, 0) is 25.0 Å². The van der Waals surface area contributed by atoms with E-state index in [-0.39, 0.29) is 21.3 Å². The van der Waals surface area contributed by atoms with E-state index >= 15 is 0 Å².